The number of hydrogen-bond acceptors (Lipinski definition) is 6. The van der Waals surface area contributed by atoms with Gasteiger partial charge in [-0.3, -0.25) is 9.67 Å². The zero-order valence-corrected chi connectivity index (χ0v) is 14.1. The smallest absolute Gasteiger partial charge is 0.223 e. The molecule has 7 heteroatoms. The molecule has 0 bridgehead atoms. The van der Waals surface area contributed by atoms with Crippen molar-refractivity contribution in [2.75, 3.05) is 5.32 Å². The standard InChI is InChI=1S/C17H21N7/c1-12(2)10-15(16-20-11-21-24(16)3)23-17-19-9-6-14(22-17)13-4-7-18-8-5-13/h4-9,11-12,15H,10H2,1-3H3,(H,19,22,23)/t15-/m1/s1. The molecule has 0 aromatic carbocycles. The molecule has 1 atom stereocenters. The van der Waals surface area contributed by atoms with Crippen LogP contribution in [-0.2, 0) is 7.05 Å². The first-order valence-electron chi connectivity index (χ1n) is 7.97. The highest BCUT2D eigenvalue weighted by molar-refractivity contribution is 5.59. The zero-order chi connectivity index (χ0) is 16.9. The number of aromatic nitrogens is 6. The molecule has 0 saturated carbocycles. The van der Waals surface area contributed by atoms with Crippen molar-refractivity contribution in [3.8, 4) is 11.3 Å². The molecule has 0 unspecified atom stereocenters. The fourth-order valence-corrected chi connectivity index (χ4v) is 2.59. The molecule has 0 aliphatic carbocycles. The maximum atomic E-state index is 4.62. The van der Waals surface area contributed by atoms with E-state index in [-0.39, 0.29) is 6.04 Å². The van der Waals surface area contributed by atoms with Gasteiger partial charge in [-0.05, 0) is 30.5 Å². The van der Waals surface area contributed by atoms with E-state index in [1.54, 1.807) is 29.6 Å². The minimum absolute atomic E-state index is 0.00481. The number of pyridine rings is 1. The molecule has 24 heavy (non-hydrogen) atoms. The lowest BCUT2D eigenvalue weighted by atomic mass is 10.0. The molecule has 7 nitrogen and oxygen atoms in total. The Bertz CT molecular complexity index is 782. The van der Waals surface area contributed by atoms with Crippen LogP contribution in [-0.4, -0.2) is 29.7 Å². The molecule has 3 heterocycles. The molecule has 0 amide bonds. The van der Waals surface area contributed by atoms with Gasteiger partial charge in [-0.25, -0.2) is 15.0 Å². The summed E-state index contributed by atoms with van der Waals surface area (Å²) in [5.41, 5.74) is 1.87. The lowest BCUT2D eigenvalue weighted by Gasteiger charge is -2.20. The highest BCUT2D eigenvalue weighted by Crippen LogP contribution is 2.24. The van der Waals surface area contributed by atoms with E-state index in [2.05, 4.69) is 44.2 Å². The summed E-state index contributed by atoms with van der Waals surface area (Å²) in [4.78, 5) is 17.4. The molecule has 0 spiro atoms. The lowest BCUT2D eigenvalue weighted by Crippen LogP contribution is -2.19. The van der Waals surface area contributed by atoms with Crippen molar-refractivity contribution in [2.24, 2.45) is 13.0 Å². The van der Waals surface area contributed by atoms with E-state index < -0.39 is 0 Å². The third-order valence-electron chi connectivity index (χ3n) is 3.70. The molecule has 3 aromatic rings. The van der Waals surface area contributed by atoms with E-state index in [0.29, 0.717) is 11.9 Å². The number of nitrogens with zero attached hydrogens (tertiary/aromatic N) is 6. The first-order chi connectivity index (χ1) is 11.6. The van der Waals surface area contributed by atoms with E-state index >= 15 is 0 Å². The molecule has 0 aliphatic heterocycles. The third kappa shape index (κ3) is 3.73. The summed E-state index contributed by atoms with van der Waals surface area (Å²) >= 11 is 0. The van der Waals surface area contributed by atoms with Crippen LogP contribution in [0.2, 0.25) is 0 Å². The summed E-state index contributed by atoms with van der Waals surface area (Å²) in [5.74, 6) is 1.96. The van der Waals surface area contributed by atoms with Gasteiger partial charge in [-0.2, -0.15) is 5.10 Å². The predicted octanol–water partition coefficient (Wildman–Crippen LogP) is 2.87. The fourth-order valence-electron chi connectivity index (χ4n) is 2.59. The molecule has 1 N–H and O–H groups in total. The molecule has 0 saturated heterocycles. The second kappa shape index (κ2) is 7.16. The van der Waals surface area contributed by atoms with Crippen molar-refractivity contribution in [3.63, 3.8) is 0 Å². The van der Waals surface area contributed by atoms with Crippen molar-refractivity contribution in [1.82, 2.24) is 29.7 Å². The van der Waals surface area contributed by atoms with Crippen LogP contribution in [0.5, 0.6) is 0 Å². The van der Waals surface area contributed by atoms with Crippen LogP contribution in [0.1, 0.15) is 32.1 Å². The maximum Gasteiger partial charge on any atom is 0.223 e. The van der Waals surface area contributed by atoms with Crippen LogP contribution in [0.3, 0.4) is 0 Å². The van der Waals surface area contributed by atoms with Crippen LogP contribution in [0, 0.1) is 5.92 Å². The second-order valence-corrected chi connectivity index (χ2v) is 6.07. The topological polar surface area (TPSA) is 81.4 Å². The molecular formula is C17H21N7. The first kappa shape index (κ1) is 16.0. The minimum atomic E-state index is 0.00481. The van der Waals surface area contributed by atoms with Crippen LogP contribution in [0.4, 0.5) is 5.95 Å². The SMILES string of the molecule is CC(C)C[C@@H](Nc1nccc(-c2ccncc2)n1)c1ncnn1C. The second-order valence-electron chi connectivity index (χ2n) is 6.07. The molecule has 3 rings (SSSR count). The minimum Gasteiger partial charge on any atom is -0.344 e. The first-order valence-corrected chi connectivity index (χ1v) is 7.97. The Kier molecular flexibility index (Phi) is 4.79. The van der Waals surface area contributed by atoms with Gasteiger partial charge >= 0.3 is 0 Å². The summed E-state index contributed by atoms with van der Waals surface area (Å²) in [7, 11) is 1.89. The Balaban J connectivity index is 1.86. The monoisotopic (exact) mass is 323 g/mol. The van der Waals surface area contributed by atoms with Gasteiger partial charge in [0.1, 0.15) is 12.2 Å². The number of rotatable bonds is 6. The van der Waals surface area contributed by atoms with Gasteiger partial charge < -0.3 is 5.32 Å². The fraction of sp³-hybridized carbons (Fsp3) is 0.353. The Hall–Kier alpha value is -2.83. The van der Waals surface area contributed by atoms with Crippen LogP contribution >= 0.6 is 0 Å². The van der Waals surface area contributed by atoms with Crippen LogP contribution < -0.4 is 5.32 Å². The quantitative estimate of drug-likeness (QED) is 0.751. The van der Waals surface area contributed by atoms with Gasteiger partial charge in [0.2, 0.25) is 5.95 Å². The van der Waals surface area contributed by atoms with Crippen molar-refractivity contribution >= 4 is 5.95 Å². The summed E-state index contributed by atoms with van der Waals surface area (Å²) in [6.07, 6.45) is 7.75. The van der Waals surface area contributed by atoms with Crippen molar-refractivity contribution in [3.05, 3.63) is 48.9 Å². The van der Waals surface area contributed by atoms with E-state index in [0.717, 1.165) is 23.5 Å². The zero-order valence-electron chi connectivity index (χ0n) is 14.1. The number of nitrogens with one attached hydrogen (secondary N) is 1. The van der Waals surface area contributed by atoms with Crippen LogP contribution in [0.15, 0.2) is 43.1 Å². The highest BCUT2D eigenvalue weighted by atomic mass is 15.3. The third-order valence-corrected chi connectivity index (χ3v) is 3.70. The van der Waals surface area contributed by atoms with Gasteiger partial charge in [0.25, 0.3) is 0 Å². The molecule has 0 aliphatic rings. The molecule has 0 radical (unpaired) electrons. The largest absolute Gasteiger partial charge is 0.344 e. The molecular weight excluding hydrogens is 302 g/mol. The van der Waals surface area contributed by atoms with E-state index in [1.807, 2.05) is 25.2 Å². The van der Waals surface area contributed by atoms with Gasteiger partial charge in [-0.15, -0.1) is 0 Å². The Labute approximate surface area is 141 Å². The van der Waals surface area contributed by atoms with Gasteiger partial charge in [0.15, 0.2) is 0 Å². The summed E-state index contributed by atoms with van der Waals surface area (Å²) in [5, 5.41) is 7.57. The molecule has 124 valence electrons. The van der Waals surface area contributed by atoms with Gasteiger partial charge in [0, 0.05) is 31.2 Å². The predicted molar refractivity (Wildman–Crippen MR) is 92.1 cm³/mol. The van der Waals surface area contributed by atoms with Crippen molar-refractivity contribution < 1.29 is 0 Å². The maximum absolute atomic E-state index is 4.62. The lowest BCUT2D eigenvalue weighted by molar-refractivity contribution is 0.496. The number of aryl methyl sites for hydroxylation is 1. The summed E-state index contributed by atoms with van der Waals surface area (Å²) in [6.45, 7) is 4.36. The van der Waals surface area contributed by atoms with Crippen molar-refractivity contribution in [2.45, 2.75) is 26.3 Å². The Morgan fingerprint density at radius 3 is 2.54 bits per heavy atom. The highest BCUT2D eigenvalue weighted by Gasteiger charge is 2.19. The van der Waals surface area contributed by atoms with E-state index in [1.165, 1.54) is 0 Å². The normalized spacial score (nSPS) is 12.3. The van der Waals surface area contributed by atoms with Crippen molar-refractivity contribution in [1.29, 1.82) is 0 Å². The van der Waals surface area contributed by atoms with Gasteiger partial charge in [0.05, 0.1) is 11.7 Å². The Morgan fingerprint density at radius 2 is 1.88 bits per heavy atom. The average Bonchev–Trinajstić information content (AvgIpc) is 3.01. The number of anilines is 1. The number of hydrogen-bond donors (Lipinski definition) is 1. The van der Waals surface area contributed by atoms with E-state index in [9.17, 15) is 0 Å². The van der Waals surface area contributed by atoms with E-state index in [4.69, 9.17) is 0 Å². The molecule has 3 aromatic heterocycles. The average molecular weight is 323 g/mol. The van der Waals surface area contributed by atoms with Gasteiger partial charge in [-0.1, -0.05) is 13.8 Å². The summed E-state index contributed by atoms with van der Waals surface area (Å²) in [6, 6.07) is 5.76. The summed E-state index contributed by atoms with van der Waals surface area (Å²) < 4.78 is 1.78. The molecule has 0 fully saturated rings. The Morgan fingerprint density at radius 1 is 1.08 bits per heavy atom. The van der Waals surface area contributed by atoms with Crippen LogP contribution in [0.25, 0.3) is 11.3 Å².